The number of carbonyl (C=O) groups excluding carboxylic acids is 2. The van der Waals surface area contributed by atoms with E-state index in [9.17, 15) is 53.7 Å². The Labute approximate surface area is 286 Å². The molecule has 3 saturated carbocycles. The molecular formula is C30H43N3O15P2. The average Bonchev–Trinajstić information content (AvgIpc) is 3.46. The maximum absolute atomic E-state index is 13.5. The minimum Gasteiger partial charge on any atom is -0.393 e. The number of carbonyl (C=O) groups is 2. The molecule has 5 aliphatic rings. The molecule has 8 N–H and O–H groups in total. The number of hydrogen-bond acceptors (Lipinski definition) is 15. The van der Waals surface area contributed by atoms with Crippen molar-refractivity contribution in [2.24, 2.45) is 28.6 Å². The summed E-state index contributed by atoms with van der Waals surface area (Å²) in [6.07, 6.45) is -1.66. The minimum absolute atomic E-state index is 0.00248. The minimum atomic E-state index is -5.49. The Morgan fingerprint density at radius 2 is 1.78 bits per heavy atom. The molecule has 1 aromatic rings. The normalized spacial score (nSPS) is 42.1. The van der Waals surface area contributed by atoms with Gasteiger partial charge in [0.05, 0.1) is 12.7 Å². The maximum Gasteiger partial charge on any atom is 0.481 e. The zero-order valence-corrected chi connectivity index (χ0v) is 29.2. The lowest BCUT2D eigenvalue weighted by Gasteiger charge is -2.60. The average molecular weight is 748 g/mol. The number of fused-ring (bicyclic) bond motifs is 5. The van der Waals surface area contributed by atoms with Crippen LogP contribution in [-0.2, 0) is 36.8 Å². The van der Waals surface area contributed by atoms with Gasteiger partial charge in [-0.05, 0) is 73.8 Å². The second-order valence-electron chi connectivity index (χ2n) is 14.6. The fourth-order valence-corrected chi connectivity index (χ4v) is 11.5. The zero-order valence-electron chi connectivity index (χ0n) is 27.4. The van der Waals surface area contributed by atoms with Crippen molar-refractivity contribution in [2.75, 3.05) is 18.9 Å². The summed E-state index contributed by atoms with van der Waals surface area (Å²) in [6.45, 7) is 1.65. The molecule has 0 aromatic carbocycles. The summed E-state index contributed by atoms with van der Waals surface area (Å²) in [5.41, 5.74) is 2.00. The molecule has 278 valence electrons. The third-order valence-electron chi connectivity index (χ3n) is 11.9. The van der Waals surface area contributed by atoms with E-state index in [4.69, 9.17) is 19.5 Å². The number of anilines is 1. The van der Waals surface area contributed by atoms with Crippen LogP contribution in [0.3, 0.4) is 0 Å². The third kappa shape index (κ3) is 6.41. The lowest BCUT2D eigenvalue weighted by Crippen LogP contribution is -2.62. The van der Waals surface area contributed by atoms with Crippen LogP contribution in [0.2, 0.25) is 0 Å². The van der Waals surface area contributed by atoms with Gasteiger partial charge in [0.1, 0.15) is 36.3 Å². The lowest BCUT2D eigenvalue weighted by molar-refractivity contribution is -0.182. The number of ketones is 2. The van der Waals surface area contributed by atoms with Gasteiger partial charge < -0.3 is 40.7 Å². The van der Waals surface area contributed by atoms with Crippen molar-refractivity contribution in [2.45, 2.75) is 95.0 Å². The summed E-state index contributed by atoms with van der Waals surface area (Å²) in [5, 5.41) is 44.1. The number of hydrogen-bond donors (Lipinski definition) is 7. The van der Waals surface area contributed by atoms with Gasteiger partial charge in [-0.3, -0.25) is 23.2 Å². The summed E-state index contributed by atoms with van der Waals surface area (Å²) in [6, 6.07) is 1.23. The van der Waals surface area contributed by atoms with E-state index in [1.807, 2.05) is 0 Å². The molecular weight excluding hydrogens is 704 g/mol. The number of nitrogen functional groups attached to an aromatic ring is 1. The molecule has 0 amide bonds. The second-order valence-corrected chi connectivity index (χ2v) is 17.6. The van der Waals surface area contributed by atoms with Crippen LogP contribution in [0.5, 0.6) is 0 Å². The zero-order chi connectivity index (χ0) is 36.6. The van der Waals surface area contributed by atoms with Crippen LogP contribution in [0.25, 0.3) is 0 Å². The van der Waals surface area contributed by atoms with Gasteiger partial charge in [-0.2, -0.15) is 9.29 Å². The Kier molecular flexibility index (Phi) is 9.80. The first-order chi connectivity index (χ1) is 23.2. The van der Waals surface area contributed by atoms with Gasteiger partial charge in [-0.1, -0.05) is 19.4 Å². The van der Waals surface area contributed by atoms with E-state index in [0.717, 1.165) is 16.3 Å². The van der Waals surface area contributed by atoms with Crippen LogP contribution < -0.4 is 11.4 Å². The van der Waals surface area contributed by atoms with Crippen molar-refractivity contribution in [3.8, 4) is 0 Å². The Morgan fingerprint density at radius 1 is 1.08 bits per heavy atom. The van der Waals surface area contributed by atoms with Crippen molar-refractivity contribution in [3.05, 3.63) is 34.4 Å². The number of Topliss-reactive ketones (excluding diaryl/α,β-unsaturated/α-hetero) is 1. The number of phosphoric ester groups is 2. The molecule has 0 bridgehead atoms. The summed E-state index contributed by atoms with van der Waals surface area (Å²) >= 11 is 0. The highest BCUT2D eigenvalue weighted by Gasteiger charge is 2.68. The molecule has 4 fully saturated rings. The van der Waals surface area contributed by atoms with Gasteiger partial charge in [0, 0.05) is 18.0 Å². The largest absolute Gasteiger partial charge is 0.481 e. The van der Waals surface area contributed by atoms with Gasteiger partial charge in [-0.25, -0.2) is 13.9 Å². The number of nitrogens with zero attached hydrogens (tertiary/aromatic N) is 2. The van der Waals surface area contributed by atoms with Crippen LogP contribution in [-0.4, -0.2) is 94.6 Å². The van der Waals surface area contributed by atoms with E-state index in [-0.39, 0.29) is 47.6 Å². The number of aromatic nitrogens is 2. The van der Waals surface area contributed by atoms with Crippen molar-refractivity contribution >= 4 is 33.0 Å². The van der Waals surface area contributed by atoms with Crippen LogP contribution in [0, 0.1) is 28.6 Å². The predicted molar refractivity (Wildman–Crippen MR) is 170 cm³/mol. The molecule has 1 aromatic heterocycles. The summed E-state index contributed by atoms with van der Waals surface area (Å²) in [5.74, 6) is -1.40. The van der Waals surface area contributed by atoms with E-state index in [1.54, 1.807) is 13.0 Å². The SMILES string of the molecule is CC12CCC(=O)C=C1CCC1C2C(O)CC2(C)C1CC[C@]2(O)C(=O)COP(=O)(O)OP(=O)(O)OC[C@H]1OC(n2ccc(N)nc2=O)[C@@H](O)[C@@H]1O. The predicted octanol–water partition coefficient (Wildman–Crippen LogP) is 0.498. The highest BCUT2D eigenvalue weighted by Crippen LogP contribution is 2.68. The Bertz CT molecular complexity index is 1740. The molecule has 13 atom stereocenters. The molecule has 4 aliphatic carbocycles. The van der Waals surface area contributed by atoms with Gasteiger partial charge in [0.15, 0.2) is 17.8 Å². The van der Waals surface area contributed by atoms with Gasteiger partial charge in [0.25, 0.3) is 0 Å². The number of aliphatic hydroxyl groups excluding tert-OH is 3. The Balaban J connectivity index is 1.07. The van der Waals surface area contributed by atoms with Gasteiger partial charge >= 0.3 is 21.3 Å². The van der Waals surface area contributed by atoms with Crippen molar-refractivity contribution < 1.29 is 67.0 Å². The molecule has 1 saturated heterocycles. The number of nitrogens with two attached hydrogens (primary N) is 1. The molecule has 2 heterocycles. The van der Waals surface area contributed by atoms with Crippen molar-refractivity contribution in [3.63, 3.8) is 0 Å². The maximum atomic E-state index is 13.5. The second kappa shape index (κ2) is 13.0. The quantitative estimate of drug-likeness (QED) is 0.160. The number of allylic oxidation sites excluding steroid dienone is 1. The third-order valence-corrected chi connectivity index (χ3v) is 14.5. The molecule has 50 heavy (non-hydrogen) atoms. The fourth-order valence-electron chi connectivity index (χ4n) is 9.47. The first kappa shape index (κ1) is 37.6. The van der Waals surface area contributed by atoms with E-state index in [0.29, 0.717) is 32.1 Å². The van der Waals surface area contributed by atoms with E-state index in [2.05, 4.69) is 16.2 Å². The number of phosphoric acid groups is 2. The van der Waals surface area contributed by atoms with Crippen LogP contribution in [0.1, 0.15) is 65.0 Å². The van der Waals surface area contributed by atoms with Crippen LogP contribution in [0.4, 0.5) is 5.82 Å². The first-order valence-electron chi connectivity index (χ1n) is 16.4. The topological polar surface area (TPSA) is 287 Å². The Morgan fingerprint density at radius 3 is 2.48 bits per heavy atom. The Hall–Kier alpha value is -2.18. The van der Waals surface area contributed by atoms with E-state index < -0.39 is 82.0 Å². The number of ether oxygens (including phenoxy) is 1. The molecule has 6 rings (SSSR count). The standard InChI is InChI=1S/C30H43N3O15P2/c1-28-8-5-16(34)11-15(28)3-4-17-18-6-9-30(40,29(18,2)12-19(35)23(17)28)21(36)14-46-50(43,44)48-49(41,42)45-13-20-24(37)25(38)26(47-20)33-10-7-22(31)32-27(33)39/h7,10-11,17-20,23-26,35,37-38,40H,3-6,8-9,12-14H2,1-2H3,(H,41,42)(H,43,44)(H2,31,32,39)/t17?,18?,19?,20-,23?,24-,25+,26?,28?,29?,30+/m1/s1. The summed E-state index contributed by atoms with van der Waals surface area (Å²) < 4.78 is 45.2. The van der Waals surface area contributed by atoms with Gasteiger partial charge in [-0.15, -0.1) is 0 Å². The highest BCUT2D eigenvalue weighted by molar-refractivity contribution is 7.61. The number of aliphatic hydroxyl groups is 4. The highest BCUT2D eigenvalue weighted by atomic mass is 31.3. The first-order valence-corrected chi connectivity index (χ1v) is 19.4. The van der Waals surface area contributed by atoms with Crippen LogP contribution in [0.15, 0.2) is 28.7 Å². The van der Waals surface area contributed by atoms with Crippen molar-refractivity contribution in [1.82, 2.24) is 9.55 Å². The van der Waals surface area contributed by atoms with E-state index >= 15 is 0 Å². The number of rotatable bonds is 10. The van der Waals surface area contributed by atoms with Crippen LogP contribution >= 0.6 is 15.6 Å². The van der Waals surface area contributed by atoms with Crippen molar-refractivity contribution in [1.29, 1.82) is 0 Å². The monoisotopic (exact) mass is 747 g/mol. The fraction of sp³-hybridized carbons (Fsp3) is 0.733. The van der Waals surface area contributed by atoms with Gasteiger partial charge in [0.2, 0.25) is 0 Å². The molecule has 9 unspecified atom stereocenters. The van der Waals surface area contributed by atoms with E-state index in [1.165, 1.54) is 6.07 Å². The molecule has 1 aliphatic heterocycles. The molecule has 0 spiro atoms. The lowest BCUT2D eigenvalue weighted by atomic mass is 9.45. The summed E-state index contributed by atoms with van der Waals surface area (Å²) in [4.78, 5) is 61.7. The molecule has 18 nitrogen and oxygen atoms in total. The molecule has 20 heteroatoms. The summed E-state index contributed by atoms with van der Waals surface area (Å²) in [7, 11) is -10.9. The molecule has 0 radical (unpaired) electrons. The smallest absolute Gasteiger partial charge is 0.393 e.